The van der Waals surface area contributed by atoms with Gasteiger partial charge in [-0.15, -0.1) is 0 Å². The van der Waals surface area contributed by atoms with Crippen LogP contribution in [-0.2, 0) is 6.54 Å². The number of methoxy groups -OCH3 is 2. The summed E-state index contributed by atoms with van der Waals surface area (Å²) in [7, 11) is 3.08. The number of benzene rings is 2. The number of carbonyl (C=O) groups is 1. The molecular formula is C20H22BrClN2O4S. The Balaban J connectivity index is 2.05. The zero-order chi connectivity index (χ0) is 21.4. The molecule has 0 bridgehead atoms. The summed E-state index contributed by atoms with van der Waals surface area (Å²) in [5.41, 5.74) is 1.14. The Kier molecular flexibility index (Phi) is 9.00. The van der Waals surface area contributed by atoms with E-state index >= 15 is 0 Å². The fourth-order valence-electron chi connectivity index (χ4n) is 2.44. The molecule has 0 fully saturated rings. The van der Waals surface area contributed by atoms with Crippen molar-refractivity contribution in [1.82, 2.24) is 10.6 Å². The Morgan fingerprint density at radius 2 is 1.83 bits per heavy atom. The molecule has 156 valence electrons. The minimum atomic E-state index is -0.367. The maximum absolute atomic E-state index is 12.7. The second-order valence-corrected chi connectivity index (χ2v) is 7.66. The molecule has 2 aromatic carbocycles. The summed E-state index contributed by atoms with van der Waals surface area (Å²) < 4.78 is 16.9. The molecule has 2 N–H and O–H groups in total. The van der Waals surface area contributed by atoms with Crippen molar-refractivity contribution in [2.24, 2.45) is 0 Å². The summed E-state index contributed by atoms with van der Waals surface area (Å²) in [6, 6.07) is 8.67. The maximum atomic E-state index is 12.7. The largest absolute Gasteiger partial charge is 0.493 e. The molecule has 0 saturated heterocycles. The van der Waals surface area contributed by atoms with Crippen molar-refractivity contribution in [2.45, 2.75) is 19.9 Å². The van der Waals surface area contributed by atoms with Crippen LogP contribution >= 0.6 is 39.7 Å². The lowest BCUT2D eigenvalue weighted by Crippen LogP contribution is -2.39. The van der Waals surface area contributed by atoms with E-state index in [1.807, 2.05) is 13.0 Å². The lowest BCUT2D eigenvalue weighted by atomic mass is 10.2. The second kappa shape index (κ2) is 11.2. The molecule has 0 radical (unpaired) electrons. The fourth-order valence-corrected chi connectivity index (χ4v) is 3.19. The molecule has 6 nitrogen and oxygen atoms in total. The molecule has 0 heterocycles. The molecule has 9 heteroatoms. The van der Waals surface area contributed by atoms with Gasteiger partial charge in [0, 0.05) is 22.1 Å². The van der Waals surface area contributed by atoms with Gasteiger partial charge >= 0.3 is 0 Å². The monoisotopic (exact) mass is 500 g/mol. The van der Waals surface area contributed by atoms with E-state index in [1.54, 1.807) is 31.4 Å². The van der Waals surface area contributed by atoms with Crippen molar-refractivity contribution >= 4 is 50.8 Å². The smallest absolute Gasteiger partial charge is 0.261 e. The van der Waals surface area contributed by atoms with Crippen LogP contribution in [0.15, 0.2) is 34.8 Å². The lowest BCUT2D eigenvalue weighted by molar-refractivity contribution is 0.0972. The van der Waals surface area contributed by atoms with Crippen LogP contribution in [0.1, 0.15) is 29.3 Å². The van der Waals surface area contributed by atoms with Gasteiger partial charge in [0.15, 0.2) is 16.6 Å². The van der Waals surface area contributed by atoms with Crippen molar-refractivity contribution in [1.29, 1.82) is 0 Å². The summed E-state index contributed by atoms with van der Waals surface area (Å²) >= 11 is 14.9. The van der Waals surface area contributed by atoms with E-state index in [-0.39, 0.29) is 11.0 Å². The summed E-state index contributed by atoms with van der Waals surface area (Å²) in [6.45, 7) is 2.81. The van der Waals surface area contributed by atoms with Crippen LogP contribution in [0.25, 0.3) is 0 Å². The topological polar surface area (TPSA) is 68.8 Å². The van der Waals surface area contributed by atoms with Gasteiger partial charge < -0.3 is 19.5 Å². The SMILES string of the molecule is CCCOc1ccc(Br)cc1C(=O)NC(=S)NCc1cc(OC)c(OC)cc1Cl. The van der Waals surface area contributed by atoms with Gasteiger partial charge in [-0.25, -0.2) is 0 Å². The van der Waals surface area contributed by atoms with Crippen molar-refractivity contribution in [3.05, 3.63) is 51.0 Å². The molecule has 2 aromatic rings. The standard InChI is InChI=1S/C20H22BrClN2O4S/c1-4-7-28-16-6-5-13(21)9-14(16)19(25)24-20(29)23-11-12-8-17(26-2)18(27-3)10-15(12)22/h5-6,8-10H,4,7,11H2,1-3H3,(H2,23,24,25,29). The molecule has 0 aliphatic carbocycles. The molecular weight excluding hydrogens is 480 g/mol. The summed E-state index contributed by atoms with van der Waals surface area (Å²) in [4.78, 5) is 12.7. The number of amides is 1. The molecule has 0 saturated carbocycles. The highest BCUT2D eigenvalue weighted by Gasteiger charge is 2.15. The summed E-state index contributed by atoms with van der Waals surface area (Å²) in [5, 5.41) is 6.30. The third kappa shape index (κ3) is 6.48. The Morgan fingerprint density at radius 1 is 1.14 bits per heavy atom. The van der Waals surface area contributed by atoms with Crippen LogP contribution in [0.3, 0.4) is 0 Å². The minimum absolute atomic E-state index is 0.169. The van der Waals surface area contributed by atoms with Gasteiger partial charge in [-0.3, -0.25) is 10.1 Å². The van der Waals surface area contributed by atoms with Crippen LogP contribution in [0, 0.1) is 0 Å². The molecule has 0 aliphatic rings. The number of hydrogen-bond acceptors (Lipinski definition) is 5. The van der Waals surface area contributed by atoms with Crippen molar-refractivity contribution in [3.63, 3.8) is 0 Å². The molecule has 0 aliphatic heterocycles. The van der Waals surface area contributed by atoms with Crippen LogP contribution in [-0.4, -0.2) is 31.8 Å². The van der Waals surface area contributed by atoms with E-state index in [1.165, 1.54) is 7.11 Å². The fraction of sp³-hybridized carbons (Fsp3) is 0.300. The van der Waals surface area contributed by atoms with E-state index in [2.05, 4.69) is 26.6 Å². The maximum Gasteiger partial charge on any atom is 0.261 e. The number of nitrogens with one attached hydrogen (secondary N) is 2. The molecule has 2 rings (SSSR count). The number of rotatable bonds is 8. The highest BCUT2D eigenvalue weighted by Crippen LogP contribution is 2.33. The Labute approximate surface area is 189 Å². The predicted octanol–water partition coefficient (Wildman–Crippen LogP) is 4.71. The van der Waals surface area contributed by atoms with Crippen LogP contribution < -0.4 is 24.8 Å². The van der Waals surface area contributed by atoms with E-state index in [0.717, 1.165) is 16.5 Å². The molecule has 1 amide bonds. The van der Waals surface area contributed by atoms with Gasteiger partial charge in [0.1, 0.15) is 5.75 Å². The zero-order valence-corrected chi connectivity index (χ0v) is 19.5. The van der Waals surface area contributed by atoms with Gasteiger partial charge in [-0.05, 0) is 48.5 Å². The van der Waals surface area contributed by atoms with Gasteiger partial charge in [-0.1, -0.05) is 34.5 Å². The molecule has 0 unspecified atom stereocenters. The summed E-state index contributed by atoms with van der Waals surface area (Å²) in [6.07, 6.45) is 0.836. The number of halogens is 2. The highest BCUT2D eigenvalue weighted by molar-refractivity contribution is 9.10. The Bertz CT molecular complexity index is 895. The molecule has 0 spiro atoms. The first-order chi connectivity index (χ1) is 13.9. The first-order valence-electron chi connectivity index (χ1n) is 8.81. The molecule has 0 aromatic heterocycles. The Hall–Kier alpha value is -2.03. The zero-order valence-electron chi connectivity index (χ0n) is 16.3. The van der Waals surface area contributed by atoms with Gasteiger partial charge in [0.05, 0.1) is 26.4 Å². The molecule has 0 atom stereocenters. The average Bonchev–Trinajstić information content (AvgIpc) is 2.71. The lowest BCUT2D eigenvalue weighted by Gasteiger charge is -2.15. The summed E-state index contributed by atoms with van der Waals surface area (Å²) in [5.74, 6) is 1.22. The van der Waals surface area contributed by atoms with Crippen molar-refractivity contribution < 1.29 is 19.0 Å². The van der Waals surface area contributed by atoms with Crippen LogP contribution in [0.5, 0.6) is 17.2 Å². The second-order valence-electron chi connectivity index (χ2n) is 5.92. The van der Waals surface area contributed by atoms with Gasteiger partial charge in [-0.2, -0.15) is 0 Å². The number of thiocarbonyl (C=S) groups is 1. The van der Waals surface area contributed by atoms with E-state index < -0.39 is 0 Å². The van der Waals surface area contributed by atoms with E-state index in [4.69, 9.17) is 38.0 Å². The average molecular weight is 502 g/mol. The first kappa shape index (κ1) is 23.3. The van der Waals surface area contributed by atoms with Gasteiger partial charge in [0.25, 0.3) is 5.91 Å². The minimum Gasteiger partial charge on any atom is -0.493 e. The highest BCUT2D eigenvalue weighted by atomic mass is 79.9. The van der Waals surface area contributed by atoms with Crippen LogP contribution in [0.4, 0.5) is 0 Å². The third-order valence-corrected chi connectivity index (χ3v) is 4.96. The number of ether oxygens (including phenoxy) is 3. The predicted molar refractivity (Wildman–Crippen MR) is 121 cm³/mol. The van der Waals surface area contributed by atoms with Gasteiger partial charge in [0.2, 0.25) is 0 Å². The van der Waals surface area contributed by atoms with Crippen molar-refractivity contribution in [2.75, 3.05) is 20.8 Å². The number of hydrogen-bond donors (Lipinski definition) is 2. The van der Waals surface area contributed by atoms with Crippen LogP contribution in [0.2, 0.25) is 5.02 Å². The normalized spacial score (nSPS) is 10.2. The number of carbonyl (C=O) groups excluding carboxylic acids is 1. The third-order valence-electron chi connectivity index (χ3n) is 3.87. The van der Waals surface area contributed by atoms with E-state index in [9.17, 15) is 4.79 Å². The van der Waals surface area contributed by atoms with Crippen molar-refractivity contribution in [3.8, 4) is 17.2 Å². The van der Waals surface area contributed by atoms with E-state index in [0.29, 0.717) is 41.0 Å². The molecule has 29 heavy (non-hydrogen) atoms. The Morgan fingerprint density at radius 3 is 2.48 bits per heavy atom. The first-order valence-corrected chi connectivity index (χ1v) is 10.4. The quantitative estimate of drug-likeness (QED) is 0.511.